The molecule has 0 amide bonds. The minimum absolute atomic E-state index is 0.105. The van der Waals surface area contributed by atoms with Crippen molar-refractivity contribution in [3.63, 3.8) is 0 Å². The number of benzene rings is 2. The fourth-order valence-corrected chi connectivity index (χ4v) is 4.40. The Morgan fingerprint density at radius 2 is 1.67 bits per heavy atom. The Hall–Kier alpha value is -1.69. The van der Waals surface area contributed by atoms with E-state index in [0.717, 1.165) is 12.1 Å². The molecule has 4 nitrogen and oxygen atoms in total. The summed E-state index contributed by atoms with van der Waals surface area (Å²) in [6, 6.07) is 19.6. The molecule has 1 saturated heterocycles. The summed E-state index contributed by atoms with van der Waals surface area (Å²) in [5.41, 5.74) is 2.02. The molecule has 0 saturated carbocycles. The van der Waals surface area contributed by atoms with Gasteiger partial charge in [-0.1, -0.05) is 60.7 Å². The van der Waals surface area contributed by atoms with Crippen LogP contribution in [0.4, 0.5) is 0 Å². The summed E-state index contributed by atoms with van der Waals surface area (Å²) in [4.78, 5) is 2.22. The van der Waals surface area contributed by atoms with Gasteiger partial charge in [-0.2, -0.15) is 0 Å². The third-order valence-electron chi connectivity index (χ3n) is 4.34. The molecule has 0 unspecified atom stereocenters. The van der Waals surface area contributed by atoms with Gasteiger partial charge in [0.1, 0.15) is 0 Å². The van der Waals surface area contributed by atoms with Crippen LogP contribution in [-0.2, 0) is 20.3 Å². The highest BCUT2D eigenvalue weighted by Crippen LogP contribution is 2.24. The standard InChI is InChI=1S/C19H23NO3S/c21-24(22,16-17-7-3-1-4-8-17)14-12-20-11-13-23-15-19(20)18-9-5-2-6-10-18/h1-10,19H,11-16H2/t19-/m1/s1. The smallest absolute Gasteiger partial charge is 0.155 e. The molecule has 128 valence electrons. The molecule has 3 rings (SSSR count). The maximum Gasteiger partial charge on any atom is 0.155 e. The summed E-state index contributed by atoms with van der Waals surface area (Å²) in [5, 5.41) is 0. The molecule has 1 heterocycles. The molecule has 24 heavy (non-hydrogen) atoms. The van der Waals surface area contributed by atoms with E-state index in [2.05, 4.69) is 17.0 Å². The van der Waals surface area contributed by atoms with Crippen molar-refractivity contribution in [2.24, 2.45) is 0 Å². The zero-order valence-electron chi connectivity index (χ0n) is 13.7. The molecule has 1 atom stereocenters. The van der Waals surface area contributed by atoms with Crippen LogP contribution >= 0.6 is 0 Å². The lowest BCUT2D eigenvalue weighted by molar-refractivity contribution is -0.00538. The third-order valence-corrected chi connectivity index (χ3v) is 5.92. The summed E-state index contributed by atoms with van der Waals surface area (Å²) < 4.78 is 30.5. The first kappa shape index (κ1) is 17.1. The lowest BCUT2D eigenvalue weighted by Gasteiger charge is -2.35. The lowest BCUT2D eigenvalue weighted by Crippen LogP contribution is -2.42. The predicted octanol–water partition coefficient (Wildman–Crippen LogP) is 2.67. The molecule has 0 spiro atoms. The zero-order chi connectivity index (χ0) is 16.8. The number of ether oxygens (including phenoxy) is 1. The van der Waals surface area contributed by atoms with Gasteiger partial charge in [0.2, 0.25) is 0 Å². The highest BCUT2D eigenvalue weighted by molar-refractivity contribution is 7.90. The van der Waals surface area contributed by atoms with Gasteiger partial charge in [-0.15, -0.1) is 0 Å². The van der Waals surface area contributed by atoms with Crippen molar-refractivity contribution in [2.45, 2.75) is 11.8 Å². The summed E-state index contributed by atoms with van der Waals surface area (Å²) in [5.74, 6) is 0.277. The zero-order valence-corrected chi connectivity index (χ0v) is 14.5. The van der Waals surface area contributed by atoms with Gasteiger partial charge in [-0.25, -0.2) is 8.42 Å². The van der Waals surface area contributed by atoms with Crippen LogP contribution in [0.3, 0.4) is 0 Å². The summed E-state index contributed by atoms with van der Waals surface area (Å²) in [6.07, 6.45) is 0. The number of sulfone groups is 1. The van der Waals surface area contributed by atoms with Crippen molar-refractivity contribution < 1.29 is 13.2 Å². The fourth-order valence-electron chi connectivity index (χ4n) is 3.04. The average molecular weight is 345 g/mol. The topological polar surface area (TPSA) is 46.6 Å². The molecular weight excluding hydrogens is 322 g/mol. The molecule has 0 aromatic heterocycles. The number of morpholine rings is 1. The van der Waals surface area contributed by atoms with Crippen LogP contribution in [-0.4, -0.2) is 45.4 Å². The monoisotopic (exact) mass is 345 g/mol. The summed E-state index contributed by atoms with van der Waals surface area (Å²) in [6.45, 7) is 2.57. The maximum absolute atomic E-state index is 12.4. The van der Waals surface area contributed by atoms with E-state index < -0.39 is 9.84 Å². The Bertz CT molecular complexity index is 732. The van der Waals surface area contributed by atoms with E-state index in [1.807, 2.05) is 48.5 Å². The van der Waals surface area contributed by atoms with Gasteiger partial charge in [-0.05, 0) is 11.1 Å². The number of hydrogen-bond donors (Lipinski definition) is 0. The van der Waals surface area contributed by atoms with E-state index in [9.17, 15) is 8.42 Å². The predicted molar refractivity (Wildman–Crippen MR) is 95.5 cm³/mol. The van der Waals surface area contributed by atoms with Crippen LogP contribution in [0.1, 0.15) is 17.2 Å². The number of hydrogen-bond acceptors (Lipinski definition) is 4. The first-order valence-electron chi connectivity index (χ1n) is 8.25. The molecule has 2 aromatic carbocycles. The van der Waals surface area contributed by atoms with Crippen molar-refractivity contribution in [3.05, 3.63) is 71.8 Å². The molecule has 5 heteroatoms. The average Bonchev–Trinajstić information content (AvgIpc) is 2.62. The molecule has 0 bridgehead atoms. The Kier molecular flexibility index (Phi) is 5.66. The van der Waals surface area contributed by atoms with E-state index in [1.54, 1.807) is 0 Å². The largest absolute Gasteiger partial charge is 0.378 e. The Morgan fingerprint density at radius 3 is 2.38 bits per heavy atom. The molecule has 0 radical (unpaired) electrons. The van der Waals surface area contributed by atoms with E-state index in [-0.39, 0.29) is 17.5 Å². The maximum atomic E-state index is 12.4. The number of rotatable bonds is 6. The minimum atomic E-state index is -3.12. The Labute approximate surface area is 144 Å². The van der Waals surface area contributed by atoms with Crippen LogP contribution in [0.2, 0.25) is 0 Å². The Balaban J connectivity index is 1.63. The van der Waals surface area contributed by atoms with Crippen molar-refractivity contribution in [1.82, 2.24) is 4.90 Å². The van der Waals surface area contributed by atoms with Crippen molar-refractivity contribution in [2.75, 3.05) is 32.1 Å². The summed E-state index contributed by atoms with van der Waals surface area (Å²) in [7, 11) is -3.12. The molecule has 0 aliphatic carbocycles. The molecule has 2 aromatic rings. The van der Waals surface area contributed by atoms with Gasteiger partial charge in [0, 0.05) is 13.1 Å². The third kappa shape index (κ3) is 4.66. The highest BCUT2D eigenvalue weighted by Gasteiger charge is 2.25. The van der Waals surface area contributed by atoms with Crippen molar-refractivity contribution >= 4 is 9.84 Å². The van der Waals surface area contributed by atoms with Gasteiger partial charge in [0.05, 0.1) is 30.8 Å². The molecule has 1 aliphatic heterocycles. The van der Waals surface area contributed by atoms with Crippen LogP contribution in [0, 0.1) is 0 Å². The summed E-state index contributed by atoms with van der Waals surface area (Å²) >= 11 is 0. The molecule has 1 fully saturated rings. The van der Waals surface area contributed by atoms with Crippen LogP contribution in [0.15, 0.2) is 60.7 Å². The van der Waals surface area contributed by atoms with Crippen molar-refractivity contribution in [1.29, 1.82) is 0 Å². The van der Waals surface area contributed by atoms with E-state index >= 15 is 0 Å². The first-order chi connectivity index (χ1) is 11.6. The van der Waals surface area contributed by atoms with Gasteiger partial charge >= 0.3 is 0 Å². The van der Waals surface area contributed by atoms with Crippen molar-refractivity contribution in [3.8, 4) is 0 Å². The quantitative estimate of drug-likeness (QED) is 0.808. The van der Waals surface area contributed by atoms with E-state index in [4.69, 9.17) is 4.74 Å². The molecule has 0 N–H and O–H groups in total. The van der Waals surface area contributed by atoms with E-state index in [1.165, 1.54) is 5.56 Å². The second kappa shape index (κ2) is 7.92. The fraction of sp³-hybridized carbons (Fsp3) is 0.368. The molecular formula is C19H23NO3S. The second-order valence-electron chi connectivity index (χ2n) is 6.11. The van der Waals surface area contributed by atoms with Gasteiger partial charge < -0.3 is 4.74 Å². The lowest BCUT2D eigenvalue weighted by atomic mass is 10.1. The van der Waals surface area contributed by atoms with Gasteiger partial charge in [0.25, 0.3) is 0 Å². The minimum Gasteiger partial charge on any atom is -0.378 e. The second-order valence-corrected chi connectivity index (χ2v) is 8.30. The first-order valence-corrected chi connectivity index (χ1v) is 10.1. The number of nitrogens with zero attached hydrogens (tertiary/aromatic N) is 1. The van der Waals surface area contributed by atoms with Crippen LogP contribution in [0.5, 0.6) is 0 Å². The van der Waals surface area contributed by atoms with Gasteiger partial charge in [-0.3, -0.25) is 4.90 Å². The molecule has 1 aliphatic rings. The normalized spacial score (nSPS) is 19.2. The van der Waals surface area contributed by atoms with Crippen LogP contribution < -0.4 is 0 Å². The SMILES string of the molecule is O=S(=O)(CCN1CCOC[C@@H]1c1ccccc1)Cc1ccccc1. The van der Waals surface area contributed by atoms with Gasteiger partial charge in [0.15, 0.2) is 9.84 Å². The Morgan fingerprint density at radius 1 is 1.00 bits per heavy atom. The highest BCUT2D eigenvalue weighted by atomic mass is 32.2. The van der Waals surface area contributed by atoms with Crippen LogP contribution in [0.25, 0.3) is 0 Å². The van der Waals surface area contributed by atoms with E-state index in [0.29, 0.717) is 19.8 Å².